The smallest absolute Gasteiger partial charge is 0.157 e. The summed E-state index contributed by atoms with van der Waals surface area (Å²) in [6, 6.07) is 0. The monoisotopic (exact) mass is 184 g/mol. The molecule has 1 fully saturated rings. The van der Waals surface area contributed by atoms with Gasteiger partial charge in [-0.25, -0.2) is 0 Å². The Kier molecular flexibility index (Phi) is 4.74. The molecule has 2 nitrogen and oxygen atoms in total. The van der Waals surface area contributed by atoms with Crippen LogP contribution < -0.4 is 0 Å². The molecule has 0 bridgehead atoms. The van der Waals surface area contributed by atoms with Gasteiger partial charge in [-0.2, -0.15) is 0 Å². The maximum absolute atomic E-state index is 5.75. The zero-order valence-electron chi connectivity index (χ0n) is 8.66. The van der Waals surface area contributed by atoms with E-state index in [1.807, 2.05) is 6.92 Å². The molecule has 1 unspecified atom stereocenters. The topological polar surface area (TPSA) is 18.5 Å². The van der Waals surface area contributed by atoms with E-state index in [4.69, 9.17) is 16.4 Å². The summed E-state index contributed by atoms with van der Waals surface area (Å²) in [5, 5.41) is 0. The maximum atomic E-state index is 5.75. The average Bonchev–Trinajstić information content (AvgIpc) is 2.15. The highest BCUT2D eigenvalue weighted by Gasteiger charge is 2.23. The summed E-state index contributed by atoms with van der Waals surface area (Å²) in [6.07, 6.45) is 3.41. The number of ether oxygens (including phenoxy) is 2. The number of hydrogen-bond acceptors (Lipinski definition) is 2. The average molecular weight is 184 g/mol. The van der Waals surface area contributed by atoms with E-state index in [0.717, 1.165) is 19.6 Å². The predicted octanol–water partition coefficient (Wildman–Crippen LogP) is 2.51. The van der Waals surface area contributed by atoms with Crippen LogP contribution in [0.1, 0.15) is 33.1 Å². The van der Waals surface area contributed by atoms with E-state index >= 15 is 0 Å². The van der Waals surface area contributed by atoms with Crippen LogP contribution >= 0.6 is 0 Å². The molecule has 1 aliphatic rings. The zero-order valence-corrected chi connectivity index (χ0v) is 8.66. The van der Waals surface area contributed by atoms with E-state index in [9.17, 15) is 0 Å². The fourth-order valence-corrected chi connectivity index (χ4v) is 1.40. The zero-order chi connectivity index (χ0) is 9.68. The summed E-state index contributed by atoms with van der Waals surface area (Å²) >= 11 is 0. The van der Waals surface area contributed by atoms with Crippen molar-refractivity contribution in [1.29, 1.82) is 0 Å². The lowest BCUT2D eigenvalue weighted by Crippen LogP contribution is -2.34. The molecule has 0 N–H and O–H groups in total. The van der Waals surface area contributed by atoms with Crippen LogP contribution in [0.3, 0.4) is 0 Å². The Morgan fingerprint density at radius 1 is 1.38 bits per heavy atom. The molecule has 0 saturated carbocycles. The van der Waals surface area contributed by atoms with Gasteiger partial charge in [-0.15, -0.1) is 0 Å². The third-order valence-corrected chi connectivity index (χ3v) is 2.53. The van der Waals surface area contributed by atoms with E-state index in [0.29, 0.717) is 5.92 Å². The highest BCUT2D eigenvalue weighted by molar-refractivity contribution is 4.70. The Bertz CT molecular complexity index is 126. The molecule has 2 heteroatoms. The van der Waals surface area contributed by atoms with Crippen LogP contribution in [-0.4, -0.2) is 19.5 Å². The van der Waals surface area contributed by atoms with Crippen molar-refractivity contribution >= 4 is 0 Å². The molecule has 1 rings (SSSR count). The molecule has 1 saturated heterocycles. The first-order chi connectivity index (χ1) is 6.24. The molecular formula is C11H20O2. The lowest BCUT2D eigenvalue weighted by molar-refractivity contribution is -0.207. The van der Waals surface area contributed by atoms with Gasteiger partial charge in [0, 0.05) is 5.92 Å². The molecule has 0 aromatic carbocycles. The van der Waals surface area contributed by atoms with Crippen LogP contribution in [0.2, 0.25) is 0 Å². The first-order valence-electron chi connectivity index (χ1n) is 5.22. The van der Waals surface area contributed by atoms with Crippen LogP contribution in [0.25, 0.3) is 0 Å². The van der Waals surface area contributed by atoms with Crippen LogP contribution in [0, 0.1) is 18.8 Å². The molecule has 2 radical (unpaired) electrons. The Morgan fingerprint density at radius 2 is 2.00 bits per heavy atom. The van der Waals surface area contributed by atoms with Crippen molar-refractivity contribution in [3.63, 3.8) is 0 Å². The predicted molar refractivity (Wildman–Crippen MR) is 52.2 cm³/mol. The number of unbranched alkanes of at least 4 members (excludes halogenated alkanes) is 1. The molecule has 0 amide bonds. The van der Waals surface area contributed by atoms with Gasteiger partial charge in [-0.05, 0) is 25.7 Å². The van der Waals surface area contributed by atoms with Crippen LogP contribution in [-0.2, 0) is 9.47 Å². The summed E-state index contributed by atoms with van der Waals surface area (Å²) < 4.78 is 11.1. The van der Waals surface area contributed by atoms with E-state index in [1.54, 1.807) is 0 Å². The second-order valence-electron chi connectivity index (χ2n) is 3.86. The quantitative estimate of drug-likeness (QED) is 0.668. The molecule has 76 valence electrons. The van der Waals surface area contributed by atoms with E-state index in [1.165, 1.54) is 12.8 Å². The number of rotatable bonds is 4. The van der Waals surface area contributed by atoms with Crippen LogP contribution in [0.5, 0.6) is 0 Å². The lowest BCUT2D eigenvalue weighted by Gasteiger charge is -2.31. The van der Waals surface area contributed by atoms with Gasteiger partial charge < -0.3 is 9.47 Å². The summed E-state index contributed by atoms with van der Waals surface area (Å²) in [4.78, 5) is 0. The Labute approximate surface area is 81.6 Å². The van der Waals surface area contributed by atoms with E-state index in [2.05, 4.69) is 6.92 Å². The third kappa shape index (κ3) is 3.65. The second kappa shape index (κ2) is 5.61. The fourth-order valence-electron chi connectivity index (χ4n) is 1.40. The van der Waals surface area contributed by atoms with Gasteiger partial charge in [0.05, 0.1) is 13.2 Å². The lowest BCUT2D eigenvalue weighted by atomic mass is 9.97. The van der Waals surface area contributed by atoms with Crippen molar-refractivity contribution in [2.45, 2.75) is 39.4 Å². The summed E-state index contributed by atoms with van der Waals surface area (Å²) in [5.74, 6) is 0.546. The van der Waals surface area contributed by atoms with Gasteiger partial charge in [0.25, 0.3) is 0 Å². The van der Waals surface area contributed by atoms with Gasteiger partial charge in [0.15, 0.2) is 6.29 Å². The summed E-state index contributed by atoms with van der Waals surface area (Å²) in [5.41, 5.74) is 0. The molecule has 0 aromatic rings. The minimum atomic E-state index is 0.0231. The molecule has 1 atom stereocenters. The largest absolute Gasteiger partial charge is 0.352 e. The number of hydrogen-bond donors (Lipinski definition) is 0. The van der Waals surface area contributed by atoms with E-state index in [-0.39, 0.29) is 12.2 Å². The standard InChI is InChI=1S/C11H20O2/c1-4-5-6-11-12-7-10(8-13-11)9(2)3/h2,9-11H,4-8H2,1,3H3. The summed E-state index contributed by atoms with van der Waals surface area (Å²) in [7, 11) is 0. The molecule has 0 spiro atoms. The molecular weight excluding hydrogens is 164 g/mol. The van der Waals surface area contributed by atoms with Crippen molar-refractivity contribution in [2.75, 3.05) is 13.2 Å². The van der Waals surface area contributed by atoms with Crippen LogP contribution in [0.15, 0.2) is 0 Å². The molecule has 1 aliphatic heterocycles. The highest BCUT2D eigenvalue weighted by atomic mass is 16.7. The summed E-state index contributed by atoms with van der Waals surface area (Å²) in [6.45, 7) is 11.4. The Morgan fingerprint density at radius 3 is 2.46 bits per heavy atom. The molecule has 0 aliphatic carbocycles. The minimum absolute atomic E-state index is 0.0231. The van der Waals surface area contributed by atoms with Gasteiger partial charge in [0.2, 0.25) is 0 Å². The maximum Gasteiger partial charge on any atom is 0.157 e. The third-order valence-electron chi connectivity index (χ3n) is 2.53. The SMILES string of the molecule is [CH]C(C)C1COC(CCCC)OC1. The van der Waals surface area contributed by atoms with Crippen molar-refractivity contribution in [1.82, 2.24) is 0 Å². The van der Waals surface area contributed by atoms with Crippen molar-refractivity contribution in [2.24, 2.45) is 11.8 Å². The van der Waals surface area contributed by atoms with Crippen molar-refractivity contribution in [3.8, 4) is 0 Å². The Balaban J connectivity index is 2.15. The van der Waals surface area contributed by atoms with Gasteiger partial charge >= 0.3 is 0 Å². The normalized spacial score (nSPS) is 29.5. The van der Waals surface area contributed by atoms with Gasteiger partial charge in [-0.3, -0.25) is 0 Å². The fraction of sp³-hybridized carbons (Fsp3) is 0.909. The Hall–Kier alpha value is -0.0800. The van der Waals surface area contributed by atoms with E-state index < -0.39 is 0 Å². The van der Waals surface area contributed by atoms with Gasteiger partial charge in [0.1, 0.15) is 0 Å². The molecule has 13 heavy (non-hydrogen) atoms. The van der Waals surface area contributed by atoms with Crippen LogP contribution in [0.4, 0.5) is 0 Å². The molecule has 1 heterocycles. The molecule has 0 aromatic heterocycles. The highest BCUT2D eigenvalue weighted by Crippen LogP contribution is 2.20. The first-order valence-corrected chi connectivity index (χ1v) is 5.22. The van der Waals surface area contributed by atoms with Crippen molar-refractivity contribution in [3.05, 3.63) is 6.92 Å². The second-order valence-corrected chi connectivity index (χ2v) is 3.86. The van der Waals surface area contributed by atoms with Crippen molar-refractivity contribution < 1.29 is 9.47 Å². The minimum Gasteiger partial charge on any atom is -0.352 e. The van der Waals surface area contributed by atoms with Gasteiger partial charge in [-0.1, -0.05) is 20.3 Å². The first kappa shape index (κ1) is 11.0.